The molecule has 2 saturated heterocycles. The summed E-state index contributed by atoms with van der Waals surface area (Å²) in [5, 5.41) is 2.43. The van der Waals surface area contributed by atoms with Crippen molar-refractivity contribution in [2.24, 2.45) is 5.92 Å². The molecule has 0 bridgehead atoms. The molecule has 28 heavy (non-hydrogen) atoms. The van der Waals surface area contributed by atoms with Crippen LogP contribution in [-0.4, -0.2) is 73.8 Å². The molecule has 3 amide bonds. The maximum Gasteiger partial charge on any atom is 0.336 e. The van der Waals surface area contributed by atoms with Crippen LogP contribution in [0.5, 0.6) is 0 Å². The molecule has 154 valence electrons. The number of hydrogen-bond donors (Lipinski definition) is 2. The van der Waals surface area contributed by atoms with Gasteiger partial charge in [-0.25, -0.2) is 15.2 Å². The number of rotatable bonds is 4. The minimum Gasteiger partial charge on any atom is -0.466 e. The van der Waals surface area contributed by atoms with Gasteiger partial charge in [0.25, 0.3) is 5.91 Å². The van der Waals surface area contributed by atoms with Crippen molar-refractivity contribution in [3.8, 4) is 0 Å². The van der Waals surface area contributed by atoms with Crippen molar-refractivity contribution < 1.29 is 23.9 Å². The van der Waals surface area contributed by atoms with Crippen molar-refractivity contribution in [2.75, 3.05) is 50.9 Å². The Morgan fingerprint density at radius 3 is 2.61 bits per heavy atom. The van der Waals surface area contributed by atoms with E-state index in [4.69, 9.17) is 9.47 Å². The summed E-state index contributed by atoms with van der Waals surface area (Å²) in [6, 6.07) is -0.403. The normalized spacial score (nSPS) is 17.9. The third-order valence-electron chi connectivity index (χ3n) is 4.69. The van der Waals surface area contributed by atoms with Crippen LogP contribution in [0.3, 0.4) is 0 Å². The van der Waals surface area contributed by atoms with Crippen molar-refractivity contribution in [3.05, 3.63) is 11.1 Å². The lowest BCUT2D eigenvalue weighted by molar-refractivity contribution is -0.149. The number of carbonyl (C=O) groups is 3. The van der Waals surface area contributed by atoms with E-state index in [0.29, 0.717) is 45.8 Å². The molecule has 2 N–H and O–H groups in total. The van der Waals surface area contributed by atoms with Gasteiger partial charge in [-0.1, -0.05) is 0 Å². The molecule has 2 aliphatic heterocycles. The number of likely N-dealkylation sites (tertiary alicyclic amines) is 1. The quantitative estimate of drug-likeness (QED) is 0.551. The van der Waals surface area contributed by atoms with Crippen molar-refractivity contribution in [2.45, 2.75) is 19.8 Å². The van der Waals surface area contributed by atoms with Crippen LogP contribution in [0.1, 0.15) is 30.3 Å². The summed E-state index contributed by atoms with van der Waals surface area (Å²) >= 11 is 1.39. The number of piperidine rings is 1. The summed E-state index contributed by atoms with van der Waals surface area (Å²) in [7, 11) is 0. The molecule has 0 aliphatic carbocycles. The third-order valence-corrected chi connectivity index (χ3v) is 5.59. The minimum atomic E-state index is -0.467. The molecule has 0 saturated carbocycles. The Labute approximate surface area is 167 Å². The van der Waals surface area contributed by atoms with Gasteiger partial charge in [-0.05, 0) is 19.8 Å². The number of thiazole rings is 1. The number of morpholine rings is 1. The number of carbonyl (C=O) groups excluding carboxylic acids is 3. The fourth-order valence-electron chi connectivity index (χ4n) is 3.10. The number of anilines is 1. The van der Waals surface area contributed by atoms with Crippen molar-refractivity contribution in [3.63, 3.8) is 0 Å². The second-order valence-corrected chi connectivity index (χ2v) is 7.35. The highest BCUT2D eigenvalue weighted by atomic mass is 32.1. The van der Waals surface area contributed by atoms with Gasteiger partial charge in [-0.15, -0.1) is 11.3 Å². The van der Waals surface area contributed by atoms with Crippen LogP contribution in [0.4, 0.5) is 9.93 Å². The number of urea groups is 1. The molecule has 2 aliphatic rings. The molecule has 3 heterocycles. The Morgan fingerprint density at radius 2 is 1.93 bits per heavy atom. The number of nitrogens with one attached hydrogen (secondary N) is 2. The second kappa shape index (κ2) is 9.69. The molecule has 0 aromatic carbocycles. The second-order valence-electron chi connectivity index (χ2n) is 6.51. The van der Waals surface area contributed by atoms with E-state index in [1.165, 1.54) is 11.3 Å². The molecule has 1 aromatic heterocycles. The van der Waals surface area contributed by atoms with Gasteiger partial charge in [0.15, 0.2) is 5.13 Å². The molecular formula is C17H25N5O5S. The van der Waals surface area contributed by atoms with E-state index in [1.54, 1.807) is 17.2 Å². The maximum absolute atomic E-state index is 12.2. The maximum atomic E-state index is 12.2. The summed E-state index contributed by atoms with van der Waals surface area (Å²) in [6.07, 6.45) is 1.10. The Hall–Kier alpha value is -2.40. The van der Waals surface area contributed by atoms with Crippen LogP contribution < -0.4 is 15.8 Å². The van der Waals surface area contributed by atoms with E-state index >= 15 is 0 Å². The van der Waals surface area contributed by atoms with Gasteiger partial charge in [0.2, 0.25) is 0 Å². The predicted octanol–water partition coefficient (Wildman–Crippen LogP) is 0.609. The highest BCUT2D eigenvalue weighted by Crippen LogP contribution is 2.21. The first-order valence-corrected chi connectivity index (χ1v) is 10.3. The summed E-state index contributed by atoms with van der Waals surface area (Å²) in [5.41, 5.74) is 5.06. The Kier molecular flexibility index (Phi) is 7.04. The lowest BCUT2D eigenvalue weighted by Gasteiger charge is -2.30. The predicted molar refractivity (Wildman–Crippen MR) is 102 cm³/mol. The van der Waals surface area contributed by atoms with Gasteiger partial charge >= 0.3 is 12.0 Å². The molecule has 0 spiro atoms. The van der Waals surface area contributed by atoms with Gasteiger partial charge in [0.05, 0.1) is 25.7 Å². The smallest absolute Gasteiger partial charge is 0.336 e. The summed E-state index contributed by atoms with van der Waals surface area (Å²) in [6.45, 7) is 5.77. The molecule has 0 unspecified atom stereocenters. The Balaban J connectivity index is 1.43. The van der Waals surface area contributed by atoms with Crippen LogP contribution in [-0.2, 0) is 14.3 Å². The van der Waals surface area contributed by atoms with Crippen LogP contribution in [0.2, 0.25) is 0 Å². The van der Waals surface area contributed by atoms with Crippen molar-refractivity contribution in [1.82, 2.24) is 20.7 Å². The lowest BCUT2D eigenvalue weighted by Crippen LogP contribution is -2.51. The van der Waals surface area contributed by atoms with E-state index in [1.807, 2.05) is 0 Å². The standard InChI is InChI=1S/C17H25N5O5S/c1-2-27-15(24)12-3-5-21(6-4-12)16(25)20-19-14(23)13-11-28-17(18-13)22-7-9-26-10-8-22/h11-12H,2-10H2,1H3,(H,19,23)(H,20,25). The fraction of sp³-hybridized carbons (Fsp3) is 0.647. The largest absolute Gasteiger partial charge is 0.466 e. The lowest BCUT2D eigenvalue weighted by atomic mass is 9.97. The van der Waals surface area contributed by atoms with Gasteiger partial charge < -0.3 is 19.3 Å². The number of ether oxygens (including phenoxy) is 2. The van der Waals surface area contributed by atoms with Crippen LogP contribution in [0.15, 0.2) is 5.38 Å². The average Bonchev–Trinajstić information content (AvgIpc) is 3.23. The van der Waals surface area contributed by atoms with Gasteiger partial charge in [-0.3, -0.25) is 15.0 Å². The van der Waals surface area contributed by atoms with Crippen LogP contribution in [0, 0.1) is 5.92 Å². The van der Waals surface area contributed by atoms with E-state index in [0.717, 1.165) is 18.2 Å². The summed E-state index contributed by atoms with van der Waals surface area (Å²) in [4.78, 5) is 44.2. The zero-order valence-corrected chi connectivity index (χ0v) is 16.6. The number of hydrogen-bond acceptors (Lipinski definition) is 8. The van der Waals surface area contributed by atoms with Gasteiger partial charge in [0, 0.05) is 31.6 Å². The first kappa shape index (κ1) is 20.3. The molecular weight excluding hydrogens is 386 g/mol. The number of esters is 1. The molecule has 2 fully saturated rings. The zero-order valence-electron chi connectivity index (χ0n) is 15.8. The van der Waals surface area contributed by atoms with Crippen molar-refractivity contribution >= 4 is 34.4 Å². The number of hydrazine groups is 1. The number of aromatic nitrogens is 1. The average molecular weight is 411 g/mol. The van der Waals surface area contributed by atoms with Gasteiger partial charge in [-0.2, -0.15) is 0 Å². The Bertz CT molecular complexity index is 698. The topological polar surface area (TPSA) is 113 Å². The van der Waals surface area contributed by atoms with Crippen molar-refractivity contribution in [1.29, 1.82) is 0 Å². The molecule has 1 aromatic rings. The summed E-state index contributed by atoms with van der Waals surface area (Å²) in [5.74, 6) is -0.854. The molecule has 10 nitrogen and oxygen atoms in total. The monoisotopic (exact) mass is 411 g/mol. The molecule has 11 heteroatoms. The van der Waals surface area contributed by atoms with E-state index < -0.39 is 11.9 Å². The molecule has 0 radical (unpaired) electrons. The highest BCUT2D eigenvalue weighted by Gasteiger charge is 2.28. The van der Waals surface area contributed by atoms with Crippen LogP contribution in [0.25, 0.3) is 0 Å². The summed E-state index contributed by atoms with van der Waals surface area (Å²) < 4.78 is 10.3. The molecule has 0 atom stereocenters. The number of nitrogens with zero attached hydrogens (tertiary/aromatic N) is 3. The van der Waals surface area contributed by atoms with E-state index in [2.05, 4.69) is 20.7 Å². The van der Waals surface area contributed by atoms with Gasteiger partial charge in [0.1, 0.15) is 5.69 Å². The third kappa shape index (κ3) is 5.10. The van der Waals surface area contributed by atoms with Crippen LogP contribution >= 0.6 is 11.3 Å². The zero-order chi connectivity index (χ0) is 19.9. The fourth-order valence-corrected chi connectivity index (χ4v) is 3.96. The SMILES string of the molecule is CCOC(=O)C1CCN(C(=O)NNC(=O)c2csc(N3CCOCC3)n2)CC1. The minimum absolute atomic E-state index is 0.174. The van der Waals surface area contributed by atoms with E-state index in [-0.39, 0.29) is 17.6 Å². The first-order chi connectivity index (χ1) is 13.6. The van der Waals surface area contributed by atoms with E-state index in [9.17, 15) is 14.4 Å². The number of amides is 3. The Morgan fingerprint density at radius 1 is 1.21 bits per heavy atom. The highest BCUT2D eigenvalue weighted by molar-refractivity contribution is 7.13. The first-order valence-electron chi connectivity index (χ1n) is 9.38. The molecule has 3 rings (SSSR count).